The quantitative estimate of drug-likeness (QED) is 0.658. The van der Waals surface area contributed by atoms with Gasteiger partial charge in [-0.25, -0.2) is 0 Å². The van der Waals surface area contributed by atoms with Gasteiger partial charge in [0.25, 0.3) is 0 Å². The third kappa shape index (κ3) is 0.853. The zero-order valence-corrected chi connectivity index (χ0v) is 8.88. The lowest BCUT2D eigenvalue weighted by Crippen LogP contribution is -2.33. The summed E-state index contributed by atoms with van der Waals surface area (Å²) in [7, 11) is 0. The maximum absolute atomic E-state index is 3.69. The fraction of sp³-hybridized carbons (Fsp3) is 0.538. The Balaban J connectivity index is 2.14. The van der Waals surface area contributed by atoms with Gasteiger partial charge in [-0.15, -0.1) is 0 Å². The summed E-state index contributed by atoms with van der Waals surface area (Å²) in [6.45, 7) is 4.79. The molecule has 1 heterocycles. The average molecular weight is 187 g/mol. The molecule has 0 bridgehead atoms. The van der Waals surface area contributed by atoms with Crippen LogP contribution in [0.1, 0.15) is 32.3 Å². The van der Waals surface area contributed by atoms with Crippen molar-refractivity contribution in [2.75, 3.05) is 5.32 Å². The molecule has 74 valence electrons. The van der Waals surface area contributed by atoms with Crippen LogP contribution in [0.4, 0.5) is 5.69 Å². The molecule has 0 aromatic heterocycles. The summed E-state index contributed by atoms with van der Waals surface area (Å²) < 4.78 is 0. The Hall–Kier alpha value is -0.980. The first-order valence-electron chi connectivity index (χ1n) is 5.58. The summed E-state index contributed by atoms with van der Waals surface area (Å²) in [4.78, 5) is 0. The van der Waals surface area contributed by atoms with Crippen molar-refractivity contribution in [3.63, 3.8) is 0 Å². The molecule has 14 heavy (non-hydrogen) atoms. The summed E-state index contributed by atoms with van der Waals surface area (Å²) in [6, 6.07) is 9.46. The lowest BCUT2D eigenvalue weighted by Gasteiger charge is -2.26. The number of para-hydroxylation sites is 1. The molecule has 0 spiro atoms. The van der Waals surface area contributed by atoms with E-state index in [0.29, 0.717) is 11.5 Å². The lowest BCUT2D eigenvalue weighted by molar-refractivity contribution is 0.441. The maximum Gasteiger partial charge on any atom is 0.0381 e. The van der Waals surface area contributed by atoms with E-state index < -0.39 is 0 Å². The Labute approximate surface area is 85.5 Å². The smallest absolute Gasteiger partial charge is 0.0381 e. The van der Waals surface area contributed by atoms with Crippen LogP contribution >= 0.6 is 0 Å². The number of nitrogens with one attached hydrogen (secondary N) is 1. The molecular weight excluding hydrogens is 170 g/mol. The van der Waals surface area contributed by atoms with Crippen molar-refractivity contribution in [3.05, 3.63) is 29.8 Å². The van der Waals surface area contributed by atoms with Gasteiger partial charge in [0.15, 0.2) is 0 Å². The van der Waals surface area contributed by atoms with Gasteiger partial charge >= 0.3 is 0 Å². The molecule has 1 aliphatic carbocycles. The molecule has 2 aliphatic rings. The Kier molecular flexibility index (Phi) is 1.51. The third-order valence-electron chi connectivity index (χ3n) is 4.23. The van der Waals surface area contributed by atoms with Gasteiger partial charge in [0.2, 0.25) is 0 Å². The van der Waals surface area contributed by atoms with Crippen LogP contribution in [0, 0.1) is 5.92 Å². The fourth-order valence-electron chi connectivity index (χ4n) is 3.36. The van der Waals surface area contributed by atoms with Gasteiger partial charge in [0.1, 0.15) is 0 Å². The van der Waals surface area contributed by atoms with Crippen molar-refractivity contribution in [3.8, 4) is 0 Å². The molecule has 3 atom stereocenters. The predicted molar refractivity (Wildman–Crippen MR) is 59.6 cm³/mol. The molecule has 1 aromatic rings. The molecule has 0 saturated heterocycles. The highest BCUT2D eigenvalue weighted by molar-refractivity contribution is 5.62. The van der Waals surface area contributed by atoms with Crippen molar-refractivity contribution in [2.24, 2.45) is 5.92 Å². The number of rotatable bonds is 0. The molecule has 0 unspecified atom stereocenters. The standard InChI is InChI=1S/C13H17N/c1-9-7-8-13(2)10-5-3-4-6-11(10)14-12(9)13/h3-6,9,12,14H,7-8H2,1-2H3/t9-,12+,13+/m1/s1. The van der Waals surface area contributed by atoms with E-state index in [0.717, 1.165) is 5.92 Å². The minimum Gasteiger partial charge on any atom is -0.381 e. The van der Waals surface area contributed by atoms with Crippen molar-refractivity contribution in [1.82, 2.24) is 0 Å². The van der Waals surface area contributed by atoms with E-state index >= 15 is 0 Å². The highest BCUT2D eigenvalue weighted by Gasteiger charge is 2.49. The van der Waals surface area contributed by atoms with Crippen LogP contribution in [0.2, 0.25) is 0 Å². The normalized spacial score (nSPS) is 39.0. The zero-order chi connectivity index (χ0) is 9.76. The minimum atomic E-state index is 0.399. The largest absolute Gasteiger partial charge is 0.381 e. The lowest BCUT2D eigenvalue weighted by atomic mass is 9.79. The molecular formula is C13H17N. The highest BCUT2D eigenvalue weighted by atomic mass is 15.0. The van der Waals surface area contributed by atoms with Crippen LogP contribution in [0.5, 0.6) is 0 Å². The third-order valence-corrected chi connectivity index (χ3v) is 4.23. The predicted octanol–water partition coefficient (Wildman–Crippen LogP) is 3.17. The second-order valence-corrected chi connectivity index (χ2v) is 5.10. The van der Waals surface area contributed by atoms with Crippen LogP contribution in [0.25, 0.3) is 0 Å². The number of anilines is 1. The molecule has 1 nitrogen and oxygen atoms in total. The van der Waals surface area contributed by atoms with Gasteiger partial charge in [-0.1, -0.05) is 32.0 Å². The van der Waals surface area contributed by atoms with Gasteiger partial charge in [0, 0.05) is 17.1 Å². The Morgan fingerprint density at radius 1 is 1.36 bits per heavy atom. The van der Waals surface area contributed by atoms with E-state index in [1.807, 2.05) is 0 Å². The first-order valence-corrected chi connectivity index (χ1v) is 5.58. The molecule has 1 saturated carbocycles. The highest BCUT2D eigenvalue weighted by Crippen LogP contribution is 2.51. The number of fused-ring (bicyclic) bond motifs is 3. The summed E-state index contributed by atoms with van der Waals surface area (Å²) in [5, 5.41) is 3.69. The molecule has 1 fully saturated rings. The molecule has 1 N–H and O–H groups in total. The number of benzene rings is 1. The van der Waals surface area contributed by atoms with Crippen molar-refractivity contribution in [1.29, 1.82) is 0 Å². The Bertz CT molecular complexity index is 371. The van der Waals surface area contributed by atoms with Gasteiger partial charge in [-0.2, -0.15) is 0 Å². The summed E-state index contributed by atoms with van der Waals surface area (Å²) >= 11 is 0. The second kappa shape index (κ2) is 2.53. The Morgan fingerprint density at radius 2 is 2.14 bits per heavy atom. The van der Waals surface area contributed by atoms with Gasteiger partial charge in [-0.3, -0.25) is 0 Å². The van der Waals surface area contributed by atoms with E-state index in [-0.39, 0.29) is 0 Å². The van der Waals surface area contributed by atoms with Crippen LogP contribution in [-0.4, -0.2) is 6.04 Å². The van der Waals surface area contributed by atoms with E-state index in [2.05, 4.69) is 43.4 Å². The number of hydrogen-bond donors (Lipinski definition) is 1. The summed E-state index contributed by atoms with van der Waals surface area (Å²) in [5.41, 5.74) is 3.30. The van der Waals surface area contributed by atoms with Crippen LogP contribution in [0.3, 0.4) is 0 Å². The van der Waals surface area contributed by atoms with Gasteiger partial charge in [0.05, 0.1) is 0 Å². The van der Waals surface area contributed by atoms with Crippen molar-refractivity contribution >= 4 is 5.69 Å². The van der Waals surface area contributed by atoms with Crippen molar-refractivity contribution < 1.29 is 0 Å². The summed E-state index contributed by atoms with van der Waals surface area (Å²) in [6.07, 6.45) is 2.70. The molecule has 0 amide bonds. The minimum absolute atomic E-state index is 0.399. The molecule has 3 rings (SSSR count). The second-order valence-electron chi connectivity index (χ2n) is 5.10. The summed E-state index contributed by atoms with van der Waals surface area (Å²) in [5.74, 6) is 0.812. The first-order chi connectivity index (χ1) is 6.72. The SMILES string of the molecule is C[C@@H]1CC[C@@]2(C)c3ccccc3N[C@@H]12. The van der Waals surface area contributed by atoms with Crippen LogP contribution in [-0.2, 0) is 5.41 Å². The molecule has 1 heteroatoms. The van der Waals surface area contributed by atoms with E-state index in [4.69, 9.17) is 0 Å². The Morgan fingerprint density at radius 3 is 3.00 bits per heavy atom. The van der Waals surface area contributed by atoms with E-state index in [9.17, 15) is 0 Å². The topological polar surface area (TPSA) is 12.0 Å². The average Bonchev–Trinajstić information content (AvgIpc) is 2.64. The van der Waals surface area contributed by atoms with Gasteiger partial charge in [-0.05, 0) is 30.4 Å². The zero-order valence-electron chi connectivity index (χ0n) is 8.88. The van der Waals surface area contributed by atoms with E-state index in [1.54, 1.807) is 0 Å². The molecule has 0 radical (unpaired) electrons. The first kappa shape index (κ1) is 8.34. The number of hydrogen-bond acceptors (Lipinski definition) is 1. The van der Waals surface area contributed by atoms with Gasteiger partial charge < -0.3 is 5.32 Å². The maximum atomic E-state index is 3.69. The van der Waals surface area contributed by atoms with Crippen molar-refractivity contribution in [2.45, 2.75) is 38.1 Å². The molecule has 1 aliphatic heterocycles. The van der Waals surface area contributed by atoms with Crippen LogP contribution in [0.15, 0.2) is 24.3 Å². The van der Waals surface area contributed by atoms with E-state index in [1.165, 1.54) is 24.1 Å². The van der Waals surface area contributed by atoms with Crippen LogP contribution < -0.4 is 5.32 Å². The fourth-order valence-corrected chi connectivity index (χ4v) is 3.36. The monoisotopic (exact) mass is 187 g/mol. The molecule has 1 aromatic carbocycles.